The lowest BCUT2D eigenvalue weighted by Crippen LogP contribution is -2.47. The molecule has 44 heavy (non-hydrogen) atoms. The molecule has 13 heteroatoms. The number of nitro benzene ring substituents is 1. The molecule has 0 saturated heterocycles. The number of nitrogens with one attached hydrogen (secondary N) is 2. The van der Waals surface area contributed by atoms with Gasteiger partial charge in [-0.25, -0.2) is 9.59 Å². The number of nitrogens with zero attached hydrogens (tertiary/aromatic N) is 1. The number of amides is 3. The lowest BCUT2D eigenvalue weighted by molar-refractivity contribution is -0.384. The van der Waals surface area contributed by atoms with Crippen LogP contribution in [0.1, 0.15) is 64.4 Å². The Bertz CT molecular complexity index is 1350. The number of primary amides is 1. The number of hydrogen-bond donors (Lipinski definition) is 3. The van der Waals surface area contributed by atoms with Crippen LogP contribution >= 0.6 is 0 Å². The molecule has 1 saturated carbocycles. The first kappa shape index (κ1) is 33.7. The van der Waals surface area contributed by atoms with E-state index in [1.165, 1.54) is 24.3 Å². The zero-order valence-electron chi connectivity index (χ0n) is 24.8. The van der Waals surface area contributed by atoms with Crippen LogP contribution in [0.2, 0.25) is 0 Å². The van der Waals surface area contributed by atoms with Gasteiger partial charge in [0, 0.05) is 43.1 Å². The van der Waals surface area contributed by atoms with Gasteiger partial charge >= 0.3 is 12.2 Å². The Hall–Kier alpha value is -4.81. The molecule has 2 aromatic carbocycles. The molecule has 0 aromatic heterocycles. The van der Waals surface area contributed by atoms with Crippen molar-refractivity contribution in [2.45, 2.75) is 65.4 Å². The molecule has 0 heterocycles. The number of rotatable bonds is 16. The van der Waals surface area contributed by atoms with Gasteiger partial charge in [0.05, 0.1) is 10.3 Å². The minimum absolute atomic E-state index is 0.0623. The largest absolute Gasteiger partial charge is 0.514 e. The predicted octanol–water partition coefficient (Wildman–Crippen LogP) is 5.06. The SMILES string of the molecule is CC(C)CC(=O)C1(C(=O)C[C@@H](CCCNC(N)=O)C(=O)Nc2ccc(COC(=O)Oc3ccc([N+](=O)[O-])cc3)cc2)CCC1. The second kappa shape index (κ2) is 15.6. The summed E-state index contributed by atoms with van der Waals surface area (Å²) in [5.74, 6) is -1.18. The highest BCUT2D eigenvalue weighted by atomic mass is 16.7. The Morgan fingerprint density at radius 2 is 1.61 bits per heavy atom. The maximum atomic E-state index is 13.4. The summed E-state index contributed by atoms with van der Waals surface area (Å²) in [6, 6.07) is 10.8. The summed E-state index contributed by atoms with van der Waals surface area (Å²) in [6.07, 6.45) is 1.73. The Labute approximate surface area is 255 Å². The van der Waals surface area contributed by atoms with E-state index in [1.807, 2.05) is 13.8 Å². The fourth-order valence-electron chi connectivity index (χ4n) is 4.95. The summed E-state index contributed by atoms with van der Waals surface area (Å²) in [6.45, 7) is 3.98. The van der Waals surface area contributed by atoms with Gasteiger partial charge in [-0.15, -0.1) is 0 Å². The molecule has 0 aliphatic heterocycles. The van der Waals surface area contributed by atoms with Crippen molar-refractivity contribution < 1.29 is 38.4 Å². The van der Waals surface area contributed by atoms with Crippen molar-refractivity contribution in [1.29, 1.82) is 0 Å². The monoisotopic (exact) mass is 610 g/mol. The van der Waals surface area contributed by atoms with Crippen molar-refractivity contribution in [2.75, 3.05) is 11.9 Å². The van der Waals surface area contributed by atoms with Crippen LogP contribution < -0.4 is 21.1 Å². The molecule has 0 spiro atoms. The number of hydrogen-bond acceptors (Lipinski definition) is 9. The summed E-state index contributed by atoms with van der Waals surface area (Å²) < 4.78 is 10.1. The van der Waals surface area contributed by atoms with Crippen molar-refractivity contribution in [2.24, 2.45) is 23.0 Å². The number of nitro groups is 1. The number of nitrogens with two attached hydrogens (primary N) is 1. The smallest absolute Gasteiger partial charge is 0.429 e. The van der Waals surface area contributed by atoms with Crippen LogP contribution in [0, 0.1) is 27.4 Å². The molecule has 0 radical (unpaired) electrons. The molecule has 0 bridgehead atoms. The first-order chi connectivity index (χ1) is 20.9. The summed E-state index contributed by atoms with van der Waals surface area (Å²) in [5, 5.41) is 16.0. The van der Waals surface area contributed by atoms with Crippen LogP contribution in [-0.2, 0) is 25.7 Å². The van der Waals surface area contributed by atoms with Gasteiger partial charge in [0.1, 0.15) is 23.9 Å². The number of ketones is 2. The maximum Gasteiger partial charge on any atom is 0.514 e. The van der Waals surface area contributed by atoms with Crippen molar-refractivity contribution in [1.82, 2.24) is 5.32 Å². The lowest BCUT2D eigenvalue weighted by atomic mass is 9.60. The molecule has 236 valence electrons. The van der Waals surface area contributed by atoms with E-state index < -0.39 is 28.4 Å². The van der Waals surface area contributed by atoms with Crippen molar-refractivity contribution in [3.63, 3.8) is 0 Å². The third-order valence-electron chi connectivity index (χ3n) is 7.53. The highest BCUT2D eigenvalue weighted by molar-refractivity contribution is 6.09. The molecular weight excluding hydrogens is 572 g/mol. The van der Waals surface area contributed by atoms with Crippen LogP contribution in [0.25, 0.3) is 0 Å². The molecular formula is C31H38N4O9. The predicted molar refractivity (Wildman–Crippen MR) is 160 cm³/mol. The summed E-state index contributed by atoms with van der Waals surface area (Å²) in [7, 11) is 0. The molecule has 3 amide bonds. The second-order valence-corrected chi connectivity index (χ2v) is 11.3. The Morgan fingerprint density at radius 3 is 2.16 bits per heavy atom. The third-order valence-corrected chi connectivity index (χ3v) is 7.53. The van der Waals surface area contributed by atoms with E-state index in [2.05, 4.69) is 10.6 Å². The minimum atomic E-state index is -1.02. The lowest BCUT2D eigenvalue weighted by Gasteiger charge is -2.40. The summed E-state index contributed by atoms with van der Waals surface area (Å²) in [5.41, 5.74) is 5.02. The zero-order valence-corrected chi connectivity index (χ0v) is 24.8. The molecule has 1 aliphatic rings. The van der Waals surface area contributed by atoms with E-state index in [-0.39, 0.29) is 54.4 Å². The number of ether oxygens (including phenoxy) is 2. The molecule has 2 aromatic rings. The van der Waals surface area contributed by atoms with E-state index in [4.69, 9.17) is 15.2 Å². The Kier molecular flexibility index (Phi) is 11.9. The first-order valence-corrected chi connectivity index (χ1v) is 14.5. The van der Waals surface area contributed by atoms with Gasteiger partial charge in [-0.1, -0.05) is 32.4 Å². The third kappa shape index (κ3) is 9.61. The van der Waals surface area contributed by atoms with Crippen LogP contribution in [0.4, 0.5) is 21.0 Å². The Morgan fingerprint density at radius 1 is 0.977 bits per heavy atom. The maximum absolute atomic E-state index is 13.4. The highest BCUT2D eigenvalue weighted by Gasteiger charge is 2.50. The minimum Gasteiger partial charge on any atom is -0.429 e. The van der Waals surface area contributed by atoms with Gasteiger partial charge in [0.15, 0.2) is 0 Å². The number of urea groups is 1. The van der Waals surface area contributed by atoms with Crippen LogP contribution in [-0.4, -0.2) is 41.1 Å². The quantitative estimate of drug-likeness (QED) is 0.0581. The molecule has 3 rings (SSSR count). The van der Waals surface area contributed by atoms with E-state index in [0.29, 0.717) is 43.4 Å². The van der Waals surface area contributed by atoms with Gasteiger partial charge in [0.2, 0.25) is 5.91 Å². The standard InChI is InChI=1S/C31H38N4O9/c1-20(2)17-26(36)31(14-4-15-31)27(37)18-22(5-3-16-33-29(32)39)28(38)34-23-8-6-21(7-9-23)19-43-30(40)44-25-12-10-24(11-13-25)35(41)42/h6-13,20,22H,3-5,14-19H2,1-2H3,(H,34,38)(H3,32,33,39)/t22-/m1/s1. The molecule has 1 atom stereocenters. The molecule has 0 unspecified atom stereocenters. The number of carbonyl (C=O) groups excluding carboxylic acids is 5. The van der Waals surface area contributed by atoms with E-state index >= 15 is 0 Å². The zero-order chi connectivity index (χ0) is 32.3. The van der Waals surface area contributed by atoms with E-state index in [1.54, 1.807) is 24.3 Å². The number of Topliss-reactive ketones (excluding diaryl/α,β-unsaturated/α-hetero) is 2. The second-order valence-electron chi connectivity index (χ2n) is 11.3. The fraction of sp³-hybridized carbons (Fsp3) is 0.452. The first-order valence-electron chi connectivity index (χ1n) is 14.5. The van der Waals surface area contributed by atoms with Crippen molar-refractivity contribution >= 4 is 41.0 Å². The summed E-state index contributed by atoms with van der Waals surface area (Å²) in [4.78, 5) is 72.9. The molecule has 1 fully saturated rings. The van der Waals surface area contributed by atoms with E-state index in [0.717, 1.165) is 6.42 Å². The highest BCUT2D eigenvalue weighted by Crippen LogP contribution is 2.45. The topological polar surface area (TPSA) is 197 Å². The molecule has 4 N–H and O–H groups in total. The number of benzene rings is 2. The van der Waals surface area contributed by atoms with Crippen LogP contribution in [0.15, 0.2) is 48.5 Å². The fourth-order valence-corrected chi connectivity index (χ4v) is 4.95. The van der Waals surface area contributed by atoms with Gasteiger partial charge in [-0.2, -0.15) is 0 Å². The molecule has 1 aliphatic carbocycles. The molecule has 13 nitrogen and oxygen atoms in total. The van der Waals surface area contributed by atoms with Crippen molar-refractivity contribution in [3.05, 3.63) is 64.2 Å². The number of non-ortho nitro benzene ring substituents is 1. The Balaban J connectivity index is 1.58. The van der Waals surface area contributed by atoms with Crippen LogP contribution in [0.5, 0.6) is 5.75 Å². The average molecular weight is 611 g/mol. The normalized spacial score (nSPS) is 14.1. The van der Waals surface area contributed by atoms with Crippen LogP contribution in [0.3, 0.4) is 0 Å². The van der Waals surface area contributed by atoms with Crippen molar-refractivity contribution in [3.8, 4) is 5.75 Å². The summed E-state index contributed by atoms with van der Waals surface area (Å²) >= 11 is 0. The van der Waals surface area contributed by atoms with Gasteiger partial charge in [0.25, 0.3) is 5.69 Å². The van der Waals surface area contributed by atoms with E-state index in [9.17, 15) is 34.1 Å². The average Bonchev–Trinajstić information content (AvgIpc) is 2.93. The van der Waals surface area contributed by atoms with Gasteiger partial charge in [-0.3, -0.25) is 24.5 Å². The van der Waals surface area contributed by atoms with Gasteiger partial charge in [-0.05, 0) is 61.4 Å². The number of carbonyl (C=O) groups is 5. The van der Waals surface area contributed by atoms with Gasteiger partial charge < -0.3 is 25.8 Å². The number of anilines is 1.